The lowest BCUT2D eigenvalue weighted by molar-refractivity contribution is 0.468. The summed E-state index contributed by atoms with van der Waals surface area (Å²) in [5, 5.41) is 3.12. The SMILES string of the molecule is Cn1cnc(S(=O)(=O)N2CC(Nc3ccc(Cl)c(F)c3)C(c3cccc(F)c3)C2)c1. The Hall–Kier alpha value is -2.49. The molecule has 4 rings (SSSR count). The number of hydrogen-bond donors (Lipinski definition) is 1. The third-order valence-electron chi connectivity index (χ3n) is 5.12. The second-order valence-electron chi connectivity index (χ2n) is 7.24. The molecular weight excluding hydrogens is 434 g/mol. The fourth-order valence-electron chi connectivity index (χ4n) is 3.64. The molecule has 30 heavy (non-hydrogen) atoms. The molecule has 0 amide bonds. The highest BCUT2D eigenvalue weighted by atomic mass is 35.5. The highest BCUT2D eigenvalue weighted by molar-refractivity contribution is 7.89. The van der Waals surface area contributed by atoms with Gasteiger partial charge in [0.05, 0.1) is 11.3 Å². The molecule has 1 fully saturated rings. The summed E-state index contributed by atoms with van der Waals surface area (Å²) in [4.78, 5) is 3.96. The van der Waals surface area contributed by atoms with Gasteiger partial charge in [0.15, 0.2) is 5.03 Å². The minimum Gasteiger partial charge on any atom is -0.380 e. The van der Waals surface area contributed by atoms with E-state index in [1.54, 1.807) is 29.8 Å². The molecule has 0 spiro atoms. The first kappa shape index (κ1) is 20.8. The molecule has 158 valence electrons. The van der Waals surface area contributed by atoms with Gasteiger partial charge in [-0.3, -0.25) is 0 Å². The second kappa shape index (κ2) is 7.98. The zero-order valence-corrected chi connectivity index (χ0v) is 17.5. The van der Waals surface area contributed by atoms with Crippen molar-refractivity contribution in [2.45, 2.75) is 17.0 Å². The van der Waals surface area contributed by atoms with Gasteiger partial charge in [-0.25, -0.2) is 22.2 Å². The summed E-state index contributed by atoms with van der Waals surface area (Å²) in [5.74, 6) is -1.34. The van der Waals surface area contributed by atoms with Crippen molar-refractivity contribution in [2.24, 2.45) is 7.05 Å². The third kappa shape index (κ3) is 4.05. The first-order valence-corrected chi connectivity index (χ1v) is 11.0. The lowest BCUT2D eigenvalue weighted by Crippen LogP contribution is -2.32. The Morgan fingerprint density at radius 2 is 1.97 bits per heavy atom. The van der Waals surface area contributed by atoms with Crippen LogP contribution in [0.2, 0.25) is 5.02 Å². The highest BCUT2D eigenvalue weighted by Gasteiger charge is 2.41. The van der Waals surface area contributed by atoms with E-state index >= 15 is 0 Å². The summed E-state index contributed by atoms with van der Waals surface area (Å²) in [7, 11) is -2.15. The molecule has 2 atom stereocenters. The number of sulfonamides is 1. The minimum atomic E-state index is -3.84. The van der Waals surface area contributed by atoms with Crippen LogP contribution in [-0.4, -0.2) is 41.4 Å². The van der Waals surface area contributed by atoms with E-state index in [9.17, 15) is 17.2 Å². The van der Waals surface area contributed by atoms with Crippen LogP contribution in [0, 0.1) is 11.6 Å². The summed E-state index contributed by atoms with van der Waals surface area (Å²) in [6.07, 6.45) is 2.85. The van der Waals surface area contributed by atoms with Crippen molar-refractivity contribution in [1.82, 2.24) is 13.9 Å². The predicted molar refractivity (Wildman–Crippen MR) is 110 cm³/mol. The summed E-state index contributed by atoms with van der Waals surface area (Å²) in [6.45, 7) is 0.250. The molecule has 0 radical (unpaired) electrons. The molecule has 0 bridgehead atoms. The number of hydrogen-bond acceptors (Lipinski definition) is 4. The number of aromatic nitrogens is 2. The zero-order chi connectivity index (χ0) is 21.5. The smallest absolute Gasteiger partial charge is 0.262 e. The molecule has 1 N–H and O–H groups in total. The standard InChI is InChI=1S/C20H19ClF2N4O2S/c1-26-11-20(24-12-26)30(28,29)27-9-16(13-3-2-4-14(22)7-13)19(10-27)25-15-5-6-17(21)18(23)8-15/h2-8,11-12,16,19,25H,9-10H2,1H3. The lowest BCUT2D eigenvalue weighted by atomic mass is 9.94. The Kier molecular flexibility index (Phi) is 5.52. The topological polar surface area (TPSA) is 67.2 Å². The number of nitrogens with zero attached hydrogens (tertiary/aromatic N) is 3. The van der Waals surface area contributed by atoms with Crippen LogP contribution in [-0.2, 0) is 17.1 Å². The van der Waals surface area contributed by atoms with E-state index in [4.69, 9.17) is 11.6 Å². The van der Waals surface area contributed by atoms with Crippen LogP contribution in [0.1, 0.15) is 11.5 Å². The summed E-state index contributed by atoms with van der Waals surface area (Å²) in [5.41, 5.74) is 1.11. The van der Waals surface area contributed by atoms with Crippen LogP contribution in [0.15, 0.2) is 60.0 Å². The van der Waals surface area contributed by atoms with Gasteiger partial charge in [0.2, 0.25) is 0 Å². The van der Waals surface area contributed by atoms with Crippen LogP contribution in [0.25, 0.3) is 0 Å². The fourth-order valence-corrected chi connectivity index (χ4v) is 5.22. The van der Waals surface area contributed by atoms with Gasteiger partial charge in [0, 0.05) is 44.0 Å². The number of halogens is 3. The van der Waals surface area contributed by atoms with Crippen LogP contribution < -0.4 is 5.32 Å². The Morgan fingerprint density at radius 1 is 1.17 bits per heavy atom. The van der Waals surface area contributed by atoms with Gasteiger partial charge in [-0.1, -0.05) is 23.7 Å². The van der Waals surface area contributed by atoms with E-state index in [-0.39, 0.29) is 29.1 Å². The van der Waals surface area contributed by atoms with Gasteiger partial charge in [-0.15, -0.1) is 0 Å². The Morgan fingerprint density at radius 3 is 2.63 bits per heavy atom. The van der Waals surface area contributed by atoms with Crippen molar-refractivity contribution in [3.05, 3.63) is 77.2 Å². The van der Waals surface area contributed by atoms with Gasteiger partial charge in [0.25, 0.3) is 10.0 Å². The molecule has 1 aliphatic heterocycles. The molecule has 2 heterocycles. The first-order chi connectivity index (χ1) is 14.2. The van der Waals surface area contributed by atoms with Crippen molar-refractivity contribution in [3.63, 3.8) is 0 Å². The predicted octanol–water partition coefficient (Wildman–Crippen LogP) is 3.62. The van der Waals surface area contributed by atoms with Gasteiger partial charge in [-0.05, 0) is 35.9 Å². The van der Waals surface area contributed by atoms with E-state index in [0.29, 0.717) is 11.3 Å². The molecule has 6 nitrogen and oxygen atoms in total. The van der Waals surface area contributed by atoms with Crippen LogP contribution >= 0.6 is 11.6 Å². The quantitative estimate of drug-likeness (QED) is 0.642. The maximum Gasteiger partial charge on any atom is 0.262 e. The first-order valence-electron chi connectivity index (χ1n) is 9.19. The van der Waals surface area contributed by atoms with Crippen LogP contribution in [0.3, 0.4) is 0 Å². The van der Waals surface area contributed by atoms with Crippen molar-refractivity contribution in [2.75, 3.05) is 18.4 Å². The lowest BCUT2D eigenvalue weighted by Gasteiger charge is -2.21. The van der Waals surface area contributed by atoms with Gasteiger partial charge < -0.3 is 9.88 Å². The summed E-state index contributed by atoms with van der Waals surface area (Å²) < 4.78 is 56.7. The van der Waals surface area contributed by atoms with E-state index < -0.39 is 27.7 Å². The van der Waals surface area contributed by atoms with Crippen molar-refractivity contribution in [3.8, 4) is 0 Å². The highest BCUT2D eigenvalue weighted by Crippen LogP contribution is 2.34. The maximum atomic E-state index is 13.9. The zero-order valence-electron chi connectivity index (χ0n) is 16.0. The molecule has 0 aliphatic carbocycles. The maximum absolute atomic E-state index is 13.9. The molecular formula is C20H19ClF2N4O2S. The molecule has 2 unspecified atom stereocenters. The molecule has 1 saturated heterocycles. The van der Waals surface area contributed by atoms with E-state index in [0.717, 1.165) is 0 Å². The van der Waals surface area contributed by atoms with Crippen molar-refractivity contribution < 1.29 is 17.2 Å². The van der Waals surface area contributed by atoms with Crippen molar-refractivity contribution in [1.29, 1.82) is 0 Å². The van der Waals surface area contributed by atoms with E-state index in [2.05, 4.69) is 10.3 Å². The van der Waals surface area contributed by atoms with Crippen LogP contribution in [0.5, 0.6) is 0 Å². The number of imidazole rings is 1. The Labute approximate surface area is 178 Å². The van der Waals surface area contributed by atoms with Crippen LogP contribution in [0.4, 0.5) is 14.5 Å². The normalized spacial score (nSPS) is 19.9. The molecule has 0 saturated carbocycles. The van der Waals surface area contributed by atoms with Gasteiger partial charge >= 0.3 is 0 Å². The second-order valence-corrected chi connectivity index (χ2v) is 9.53. The molecule has 3 aromatic rings. The fraction of sp³-hybridized carbons (Fsp3) is 0.250. The van der Waals surface area contributed by atoms with Gasteiger partial charge in [-0.2, -0.15) is 4.31 Å². The van der Waals surface area contributed by atoms with E-state index in [1.807, 2.05) is 0 Å². The average Bonchev–Trinajstić information content (AvgIpc) is 3.32. The largest absolute Gasteiger partial charge is 0.380 e. The minimum absolute atomic E-state index is 0.00647. The number of rotatable bonds is 5. The number of anilines is 1. The number of benzene rings is 2. The molecule has 1 aliphatic rings. The van der Waals surface area contributed by atoms with Crippen molar-refractivity contribution >= 4 is 27.3 Å². The number of aryl methyl sites for hydroxylation is 1. The van der Waals surface area contributed by atoms with E-state index in [1.165, 1.54) is 41.1 Å². The molecule has 10 heteroatoms. The third-order valence-corrected chi connectivity index (χ3v) is 7.14. The average molecular weight is 453 g/mol. The van der Waals surface area contributed by atoms with Gasteiger partial charge in [0.1, 0.15) is 11.6 Å². The Balaban J connectivity index is 1.67. The summed E-state index contributed by atoms with van der Waals surface area (Å²) in [6, 6.07) is 9.93. The Bertz CT molecular complexity index is 1190. The molecule has 1 aromatic heterocycles. The number of nitrogens with one attached hydrogen (secondary N) is 1. The monoisotopic (exact) mass is 452 g/mol. The summed E-state index contributed by atoms with van der Waals surface area (Å²) >= 11 is 5.75. The molecule has 2 aromatic carbocycles.